The molecule has 2 saturated heterocycles. The van der Waals surface area contributed by atoms with E-state index in [1.165, 1.54) is 40.8 Å². The van der Waals surface area contributed by atoms with Crippen molar-refractivity contribution in [1.29, 1.82) is 5.26 Å². The van der Waals surface area contributed by atoms with Gasteiger partial charge in [0.25, 0.3) is 0 Å². The van der Waals surface area contributed by atoms with Gasteiger partial charge in [-0.2, -0.15) is 5.26 Å². The summed E-state index contributed by atoms with van der Waals surface area (Å²) in [6, 6.07) is 19.2. The monoisotopic (exact) mass is 613 g/mol. The summed E-state index contributed by atoms with van der Waals surface area (Å²) in [5.41, 5.74) is 7.56. The predicted molar refractivity (Wildman–Crippen MR) is 176 cm³/mol. The van der Waals surface area contributed by atoms with Gasteiger partial charge in [-0.05, 0) is 93.3 Å². The fourth-order valence-corrected chi connectivity index (χ4v) is 7.11. The Hall–Kier alpha value is -3.24. The van der Waals surface area contributed by atoms with Crippen LogP contribution in [0.25, 0.3) is 11.1 Å². The molecule has 2 fully saturated rings. The molecule has 0 aromatic heterocycles. The third-order valence-electron chi connectivity index (χ3n) is 9.69. The van der Waals surface area contributed by atoms with Gasteiger partial charge in [0.05, 0.1) is 30.2 Å². The number of nitrogens with zero attached hydrogens (tertiary/aromatic N) is 3. The normalized spacial score (nSPS) is 19.5. The van der Waals surface area contributed by atoms with Crippen molar-refractivity contribution in [1.82, 2.24) is 9.80 Å². The first-order valence-corrected chi connectivity index (χ1v) is 16.5. The van der Waals surface area contributed by atoms with E-state index in [9.17, 15) is 0 Å². The minimum absolute atomic E-state index is 0.0833. The quantitative estimate of drug-likeness (QED) is 0.193. The van der Waals surface area contributed by atoms with E-state index in [1.807, 2.05) is 19.1 Å². The second kappa shape index (κ2) is 13.0. The van der Waals surface area contributed by atoms with Gasteiger partial charge in [0.1, 0.15) is 23.4 Å². The minimum atomic E-state index is -0.0833. The second-order valence-electron chi connectivity index (χ2n) is 13.0. The van der Waals surface area contributed by atoms with Crippen molar-refractivity contribution >= 4 is 11.6 Å². The van der Waals surface area contributed by atoms with E-state index in [-0.39, 0.29) is 12.0 Å². The largest absolute Gasteiger partial charge is 0.493 e. The van der Waals surface area contributed by atoms with Crippen LogP contribution >= 0.6 is 11.6 Å². The van der Waals surface area contributed by atoms with Gasteiger partial charge in [-0.25, -0.2) is 0 Å². The lowest BCUT2D eigenvalue weighted by Crippen LogP contribution is -2.55. The fraction of sp³-hybridized carbons (Fsp3) is 0.486. The Labute approximate surface area is 267 Å². The number of halogens is 1. The molecule has 3 aromatic rings. The zero-order valence-corrected chi connectivity index (χ0v) is 27.3. The topological polar surface area (TPSA) is 58.0 Å². The van der Waals surface area contributed by atoms with Crippen molar-refractivity contribution in [3.8, 4) is 34.4 Å². The average Bonchev–Trinajstić information content (AvgIpc) is 3.40. The Bertz CT molecular complexity index is 1540. The molecule has 6 rings (SSSR count). The number of fused-ring (bicyclic) bond motifs is 1. The Kier molecular flexibility index (Phi) is 9.10. The number of hydrogen-bond donors (Lipinski definition) is 0. The molecule has 2 aliphatic heterocycles. The molecule has 0 radical (unpaired) electrons. The molecule has 0 spiro atoms. The first-order valence-electron chi connectivity index (χ1n) is 16.1. The smallest absolute Gasteiger partial charge is 0.142 e. The lowest BCUT2D eigenvalue weighted by Gasteiger charge is -2.48. The van der Waals surface area contributed by atoms with Gasteiger partial charge in [-0.15, -0.1) is 0 Å². The van der Waals surface area contributed by atoms with Crippen LogP contribution in [0, 0.1) is 24.2 Å². The summed E-state index contributed by atoms with van der Waals surface area (Å²) in [5, 5.41) is 9.72. The van der Waals surface area contributed by atoms with E-state index < -0.39 is 0 Å². The molecule has 0 bridgehead atoms. The minimum Gasteiger partial charge on any atom is -0.493 e. The van der Waals surface area contributed by atoms with Crippen molar-refractivity contribution in [2.24, 2.45) is 5.92 Å². The van der Waals surface area contributed by atoms with Crippen molar-refractivity contribution in [3.63, 3.8) is 0 Å². The molecule has 2 heterocycles. The van der Waals surface area contributed by atoms with Crippen molar-refractivity contribution in [2.45, 2.75) is 71.6 Å². The summed E-state index contributed by atoms with van der Waals surface area (Å²) in [4.78, 5) is 4.79. The van der Waals surface area contributed by atoms with Gasteiger partial charge in [0, 0.05) is 49.9 Å². The summed E-state index contributed by atoms with van der Waals surface area (Å²) in [5.74, 6) is 2.52. The number of rotatable bonds is 12. The predicted octanol–water partition coefficient (Wildman–Crippen LogP) is 7.99. The Morgan fingerprint density at radius 2 is 1.82 bits per heavy atom. The summed E-state index contributed by atoms with van der Waals surface area (Å²) < 4.78 is 18.9. The molecule has 0 saturated carbocycles. The molecule has 1 aliphatic carbocycles. The lowest BCUT2D eigenvalue weighted by atomic mass is 9.89. The van der Waals surface area contributed by atoms with Crippen LogP contribution in [0.1, 0.15) is 68.4 Å². The molecule has 0 amide bonds. The Morgan fingerprint density at radius 3 is 2.55 bits per heavy atom. The zero-order chi connectivity index (χ0) is 30.8. The van der Waals surface area contributed by atoms with Crippen LogP contribution in [0.4, 0.5) is 0 Å². The molecule has 0 unspecified atom stereocenters. The highest BCUT2D eigenvalue weighted by molar-refractivity contribution is 6.32. The molecule has 3 aromatic carbocycles. The maximum Gasteiger partial charge on any atom is 0.142 e. The van der Waals surface area contributed by atoms with Crippen LogP contribution in [0.3, 0.4) is 0 Å². The van der Waals surface area contributed by atoms with Crippen LogP contribution in [-0.4, -0.2) is 54.7 Å². The van der Waals surface area contributed by atoms with Gasteiger partial charge >= 0.3 is 0 Å². The maximum absolute atomic E-state index is 9.13. The number of likely N-dealkylation sites (tertiary alicyclic amines) is 2. The van der Waals surface area contributed by atoms with Gasteiger partial charge in [-0.3, -0.25) is 9.80 Å². The lowest BCUT2D eigenvalue weighted by molar-refractivity contribution is 0.0123. The van der Waals surface area contributed by atoms with Gasteiger partial charge in [-0.1, -0.05) is 41.9 Å². The molecule has 44 heavy (non-hydrogen) atoms. The van der Waals surface area contributed by atoms with Crippen LogP contribution in [0.5, 0.6) is 17.2 Å². The van der Waals surface area contributed by atoms with E-state index in [2.05, 4.69) is 73.0 Å². The summed E-state index contributed by atoms with van der Waals surface area (Å²) >= 11 is 6.80. The Balaban J connectivity index is 1.16. The third-order valence-corrected chi connectivity index (χ3v) is 9.98. The zero-order valence-electron chi connectivity index (χ0n) is 26.5. The highest BCUT2D eigenvalue weighted by Gasteiger charge is 2.35. The van der Waals surface area contributed by atoms with Crippen LogP contribution in [-0.2, 0) is 13.0 Å². The summed E-state index contributed by atoms with van der Waals surface area (Å²) in [6.45, 7) is 14.6. The molecule has 6 nitrogen and oxygen atoms in total. The highest BCUT2D eigenvalue weighted by atomic mass is 35.5. The standard InChI is InChI=1S/C37H44ClN3O3/c1-5-42-35-20-36(32(38)19-27(35)24-40-22-26(21-39)23-40)44-34-14-13-30-29(10-6-11-31(30)34)28-9-7-12-33(25(28)2)43-18-8-16-41-17-15-37(41,3)4/h6-7,9-12,19-20,26,34H,5,8,13-18,22-24H2,1-4H3/t34-/m0/s1. The van der Waals surface area contributed by atoms with Crippen molar-refractivity contribution < 1.29 is 14.2 Å². The van der Waals surface area contributed by atoms with E-state index in [4.69, 9.17) is 31.1 Å². The molecule has 7 heteroatoms. The van der Waals surface area contributed by atoms with Gasteiger partial charge in [0.15, 0.2) is 0 Å². The maximum atomic E-state index is 9.13. The highest BCUT2D eigenvalue weighted by Crippen LogP contribution is 2.44. The number of benzene rings is 3. The van der Waals surface area contributed by atoms with Crippen LogP contribution in [0.2, 0.25) is 5.02 Å². The van der Waals surface area contributed by atoms with Crippen LogP contribution < -0.4 is 14.2 Å². The fourth-order valence-electron chi connectivity index (χ4n) is 6.88. The van der Waals surface area contributed by atoms with Gasteiger partial charge < -0.3 is 14.2 Å². The number of hydrogen-bond acceptors (Lipinski definition) is 6. The second-order valence-corrected chi connectivity index (χ2v) is 13.4. The SMILES string of the molecule is CCOc1cc(O[C@H]2CCc3c(-c4cccc(OCCCN5CCC5(C)C)c4C)cccc32)c(Cl)cc1CN1CC(C#N)C1. The van der Waals surface area contributed by atoms with E-state index >= 15 is 0 Å². The Morgan fingerprint density at radius 1 is 1.02 bits per heavy atom. The first kappa shape index (κ1) is 30.8. The third kappa shape index (κ3) is 6.29. The molecular weight excluding hydrogens is 570 g/mol. The summed E-state index contributed by atoms with van der Waals surface area (Å²) in [7, 11) is 0. The molecule has 0 N–H and O–H groups in total. The number of ether oxygens (including phenoxy) is 3. The summed E-state index contributed by atoms with van der Waals surface area (Å²) in [6.07, 6.45) is 4.05. The van der Waals surface area contributed by atoms with Crippen molar-refractivity contribution in [2.75, 3.05) is 39.4 Å². The van der Waals surface area contributed by atoms with Crippen molar-refractivity contribution in [3.05, 3.63) is 75.8 Å². The van der Waals surface area contributed by atoms with Gasteiger partial charge in [0.2, 0.25) is 0 Å². The molecular formula is C37H44ClN3O3. The molecule has 1 atom stereocenters. The van der Waals surface area contributed by atoms with E-state index in [0.29, 0.717) is 29.5 Å². The molecule has 232 valence electrons. The average molecular weight is 614 g/mol. The van der Waals surface area contributed by atoms with Crippen LogP contribution in [0.15, 0.2) is 48.5 Å². The molecule has 3 aliphatic rings. The van der Waals surface area contributed by atoms with E-state index in [0.717, 1.165) is 62.6 Å². The van der Waals surface area contributed by atoms with E-state index in [1.54, 1.807) is 0 Å². The first-order chi connectivity index (χ1) is 21.3. The number of nitriles is 1.